The van der Waals surface area contributed by atoms with Gasteiger partial charge in [0, 0.05) is 19.5 Å². The van der Waals surface area contributed by atoms with Crippen molar-refractivity contribution in [3.8, 4) is 11.8 Å². The summed E-state index contributed by atoms with van der Waals surface area (Å²) in [5.41, 5.74) is 2.65. The Bertz CT molecular complexity index is 455. The molecule has 0 N–H and O–H groups in total. The second kappa shape index (κ2) is 5.65. The molecule has 0 saturated heterocycles. The number of carbonyl (C=O) groups is 1. The Balaban J connectivity index is 2.11. The molecule has 0 spiro atoms. The number of hydrogen-bond donors (Lipinski definition) is 0. The number of benzene rings is 1. The first-order valence-corrected chi connectivity index (χ1v) is 6.01. The van der Waals surface area contributed by atoms with Gasteiger partial charge in [0.25, 0.3) is 0 Å². The number of hydrogen-bond acceptors (Lipinski definition) is 2. The topological polar surface area (TPSA) is 20.3 Å². The smallest absolute Gasteiger partial charge is 0.137 e. The van der Waals surface area contributed by atoms with Crippen LogP contribution in [-0.4, -0.2) is 23.8 Å². The van der Waals surface area contributed by atoms with Gasteiger partial charge in [-0.3, -0.25) is 4.90 Å². The predicted octanol–water partition coefficient (Wildman–Crippen LogP) is 2.03. The van der Waals surface area contributed by atoms with Crippen LogP contribution in [0.4, 0.5) is 0 Å². The maximum Gasteiger partial charge on any atom is 0.137 e. The average molecular weight is 227 g/mol. The van der Waals surface area contributed by atoms with Crippen LogP contribution in [0, 0.1) is 11.8 Å². The van der Waals surface area contributed by atoms with E-state index in [9.17, 15) is 4.79 Å². The van der Waals surface area contributed by atoms with Gasteiger partial charge in [0.1, 0.15) is 6.29 Å². The summed E-state index contributed by atoms with van der Waals surface area (Å²) in [6.45, 7) is 3.59. The second-order valence-electron chi connectivity index (χ2n) is 4.32. The quantitative estimate of drug-likeness (QED) is 0.581. The van der Waals surface area contributed by atoms with E-state index >= 15 is 0 Å². The van der Waals surface area contributed by atoms with Crippen LogP contribution in [0.2, 0.25) is 0 Å². The monoisotopic (exact) mass is 227 g/mol. The lowest BCUT2D eigenvalue weighted by atomic mass is 9.94. The standard InChI is InChI=1S/C15H17NO/c1-2-3-6-9-16-11-14-8-5-4-7-13(14)10-15(16)12-17/h4-5,7-8,12,15H,6,9-11H2,1H3/t15-/m0/s1. The van der Waals surface area contributed by atoms with Crippen molar-refractivity contribution in [3.05, 3.63) is 35.4 Å². The Labute approximate surface area is 103 Å². The molecule has 1 aliphatic heterocycles. The predicted molar refractivity (Wildman–Crippen MR) is 68.5 cm³/mol. The molecule has 0 radical (unpaired) electrons. The lowest BCUT2D eigenvalue weighted by Crippen LogP contribution is -2.41. The number of fused-ring (bicyclic) bond motifs is 1. The summed E-state index contributed by atoms with van der Waals surface area (Å²) in [4.78, 5) is 13.4. The molecule has 1 aromatic rings. The third-order valence-electron chi connectivity index (χ3n) is 3.25. The van der Waals surface area contributed by atoms with Crippen LogP contribution in [0.15, 0.2) is 24.3 Å². The molecule has 0 aromatic heterocycles. The Morgan fingerprint density at radius 2 is 2.18 bits per heavy atom. The molecular weight excluding hydrogens is 210 g/mol. The molecule has 0 fully saturated rings. The molecule has 1 atom stereocenters. The van der Waals surface area contributed by atoms with Crippen molar-refractivity contribution in [1.29, 1.82) is 0 Å². The normalized spacial score (nSPS) is 19.0. The highest BCUT2D eigenvalue weighted by molar-refractivity contribution is 5.59. The van der Waals surface area contributed by atoms with Crippen LogP contribution in [-0.2, 0) is 17.8 Å². The van der Waals surface area contributed by atoms with Gasteiger partial charge in [0.05, 0.1) is 6.04 Å². The molecule has 1 aliphatic rings. The first kappa shape index (κ1) is 11.9. The van der Waals surface area contributed by atoms with E-state index in [4.69, 9.17) is 0 Å². The number of carbonyl (C=O) groups excluding carboxylic acids is 1. The van der Waals surface area contributed by atoms with Gasteiger partial charge in [-0.05, 0) is 24.5 Å². The van der Waals surface area contributed by atoms with Crippen LogP contribution in [0.3, 0.4) is 0 Å². The van der Waals surface area contributed by atoms with Gasteiger partial charge in [-0.1, -0.05) is 24.3 Å². The fraction of sp³-hybridized carbons (Fsp3) is 0.400. The Hall–Kier alpha value is -1.59. The van der Waals surface area contributed by atoms with E-state index < -0.39 is 0 Å². The minimum Gasteiger partial charge on any atom is -0.302 e. The highest BCUT2D eigenvalue weighted by Gasteiger charge is 2.24. The van der Waals surface area contributed by atoms with Gasteiger partial charge in [-0.25, -0.2) is 0 Å². The number of aldehydes is 1. The highest BCUT2D eigenvalue weighted by atomic mass is 16.1. The summed E-state index contributed by atoms with van der Waals surface area (Å²) in [6, 6.07) is 8.39. The van der Waals surface area contributed by atoms with Crippen LogP contribution >= 0.6 is 0 Å². The zero-order chi connectivity index (χ0) is 12.1. The van der Waals surface area contributed by atoms with Gasteiger partial charge < -0.3 is 4.79 Å². The molecule has 1 heterocycles. The van der Waals surface area contributed by atoms with E-state index in [1.807, 2.05) is 13.0 Å². The summed E-state index contributed by atoms with van der Waals surface area (Å²) in [5.74, 6) is 5.95. The van der Waals surface area contributed by atoms with Gasteiger partial charge in [-0.2, -0.15) is 0 Å². The molecule has 0 amide bonds. The first-order chi connectivity index (χ1) is 8.35. The molecule has 17 heavy (non-hydrogen) atoms. The Morgan fingerprint density at radius 1 is 1.41 bits per heavy atom. The molecule has 1 aromatic carbocycles. The van der Waals surface area contributed by atoms with Gasteiger partial charge in [0.15, 0.2) is 0 Å². The summed E-state index contributed by atoms with van der Waals surface area (Å²) >= 11 is 0. The van der Waals surface area contributed by atoms with Gasteiger partial charge >= 0.3 is 0 Å². The largest absolute Gasteiger partial charge is 0.302 e. The zero-order valence-corrected chi connectivity index (χ0v) is 10.1. The average Bonchev–Trinajstić information content (AvgIpc) is 2.38. The fourth-order valence-electron chi connectivity index (χ4n) is 2.30. The van der Waals surface area contributed by atoms with Crippen LogP contribution in [0.1, 0.15) is 24.5 Å². The van der Waals surface area contributed by atoms with Gasteiger partial charge in [-0.15, -0.1) is 11.8 Å². The molecule has 2 nitrogen and oxygen atoms in total. The summed E-state index contributed by atoms with van der Waals surface area (Å²) in [6.07, 6.45) is 2.73. The molecule has 2 heteroatoms. The van der Waals surface area contributed by atoms with E-state index in [1.165, 1.54) is 11.1 Å². The number of nitrogens with zero attached hydrogens (tertiary/aromatic N) is 1. The first-order valence-electron chi connectivity index (χ1n) is 6.01. The van der Waals surface area contributed by atoms with Crippen molar-refractivity contribution >= 4 is 6.29 Å². The Morgan fingerprint density at radius 3 is 2.88 bits per heavy atom. The van der Waals surface area contributed by atoms with E-state index in [-0.39, 0.29) is 6.04 Å². The maximum atomic E-state index is 11.1. The van der Waals surface area contributed by atoms with Crippen molar-refractivity contribution < 1.29 is 4.79 Å². The Kier molecular flexibility index (Phi) is 3.95. The van der Waals surface area contributed by atoms with Crippen molar-refractivity contribution in [1.82, 2.24) is 4.90 Å². The van der Waals surface area contributed by atoms with Crippen LogP contribution in [0.25, 0.3) is 0 Å². The van der Waals surface area contributed by atoms with Crippen molar-refractivity contribution in [2.75, 3.05) is 6.54 Å². The van der Waals surface area contributed by atoms with Crippen molar-refractivity contribution in [3.63, 3.8) is 0 Å². The molecule has 0 bridgehead atoms. The van der Waals surface area contributed by atoms with Crippen LogP contribution in [0.5, 0.6) is 0 Å². The SMILES string of the molecule is CC#CCCN1Cc2ccccc2C[C@H]1C=O. The fourth-order valence-corrected chi connectivity index (χ4v) is 2.30. The lowest BCUT2D eigenvalue weighted by molar-refractivity contribution is -0.112. The van der Waals surface area contributed by atoms with Gasteiger partial charge in [0.2, 0.25) is 0 Å². The van der Waals surface area contributed by atoms with Crippen LogP contribution < -0.4 is 0 Å². The summed E-state index contributed by atoms with van der Waals surface area (Å²) in [5, 5.41) is 0. The van der Waals surface area contributed by atoms with Crippen molar-refractivity contribution in [2.24, 2.45) is 0 Å². The maximum absolute atomic E-state index is 11.1. The minimum atomic E-state index is 0.0172. The molecular formula is C15H17NO. The molecule has 0 unspecified atom stereocenters. The molecule has 0 saturated carbocycles. The number of rotatable bonds is 3. The summed E-state index contributed by atoms with van der Waals surface area (Å²) in [7, 11) is 0. The second-order valence-corrected chi connectivity index (χ2v) is 4.32. The van der Waals surface area contributed by atoms with E-state index in [0.29, 0.717) is 0 Å². The highest BCUT2D eigenvalue weighted by Crippen LogP contribution is 2.22. The minimum absolute atomic E-state index is 0.0172. The zero-order valence-electron chi connectivity index (χ0n) is 10.1. The third kappa shape index (κ3) is 2.75. The third-order valence-corrected chi connectivity index (χ3v) is 3.25. The van der Waals surface area contributed by atoms with E-state index in [0.717, 1.165) is 32.2 Å². The van der Waals surface area contributed by atoms with Crippen molar-refractivity contribution in [2.45, 2.75) is 32.4 Å². The molecule has 2 rings (SSSR count). The molecule has 0 aliphatic carbocycles. The van der Waals surface area contributed by atoms with E-state index in [2.05, 4.69) is 34.9 Å². The summed E-state index contributed by atoms with van der Waals surface area (Å²) < 4.78 is 0. The van der Waals surface area contributed by atoms with E-state index in [1.54, 1.807) is 0 Å². The molecule has 88 valence electrons. The lowest BCUT2D eigenvalue weighted by Gasteiger charge is -2.33.